The maximum absolute atomic E-state index is 5.73. The lowest BCUT2D eigenvalue weighted by Gasteiger charge is -2.49. The number of nitrogens with zero attached hydrogens (tertiary/aromatic N) is 1. The number of ether oxygens (including phenoxy) is 1. The average Bonchev–Trinajstić information content (AvgIpc) is 2.68. The molecule has 3 heteroatoms. The SMILES string of the molecule is C1CCC2(C1)CN(CC1CNCCO1)C2. The summed E-state index contributed by atoms with van der Waals surface area (Å²) in [4.78, 5) is 2.59. The van der Waals surface area contributed by atoms with Crippen LogP contribution < -0.4 is 5.32 Å². The molecule has 1 spiro atoms. The Labute approximate surface area is 92.2 Å². The first-order valence-corrected chi connectivity index (χ1v) is 6.41. The highest BCUT2D eigenvalue weighted by molar-refractivity contribution is 4.98. The molecular weight excluding hydrogens is 188 g/mol. The maximum Gasteiger partial charge on any atom is 0.0826 e. The van der Waals surface area contributed by atoms with E-state index in [9.17, 15) is 0 Å². The van der Waals surface area contributed by atoms with E-state index in [-0.39, 0.29) is 0 Å². The molecule has 0 bridgehead atoms. The number of morpholine rings is 1. The van der Waals surface area contributed by atoms with Gasteiger partial charge in [-0.25, -0.2) is 0 Å². The highest BCUT2D eigenvalue weighted by atomic mass is 16.5. The van der Waals surface area contributed by atoms with E-state index in [4.69, 9.17) is 4.74 Å². The van der Waals surface area contributed by atoms with Crippen LogP contribution in [0.2, 0.25) is 0 Å². The van der Waals surface area contributed by atoms with Crippen LogP contribution in [0.5, 0.6) is 0 Å². The molecule has 3 rings (SSSR count). The second-order valence-electron chi connectivity index (χ2n) is 5.57. The summed E-state index contributed by atoms with van der Waals surface area (Å²) in [6.45, 7) is 6.79. The lowest BCUT2D eigenvalue weighted by Crippen LogP contribution is -2.58. The van der Waals surface area contributed by atoms with E-state index in [1.54, 1.807) is 0 Å². The molecule has 3 aliphatic rings. The molecule has 2 heterocycles. The van der Waals surface area contributed by atoms with Crippen molar-refractivity contribution in [1.29, 1.82) is 0 Å². The summed E-state index contributed by atoms with van der Waals surface area (Å²) < 4.78 is 5.73. The zero-order chi connectivity index (χ0) is 10.1. The molecule has 0 aromatic carbocycles. The highest BCUT2D eigenvalue weighted by Gasteiger charge is 2.44. The molecule has 0 aromatic heterocycles. The summed E-state index contributed by atoms with van der Waals surface area (Å²) in [5, 5.41) is 3.40. The smallest absolute Gasteiger partial charge is 0.0826 e. The molecule has 1 saturated carbocycles. The predicted molar refractivity (Wildman–Crippen MR) is 60.0 cm³/mol. The van der Waals surface area contributed by atoms with Crippen LogP contribution >= 0.6 is 0 Å². The fourth-order valence-electron chi connectivity index (χ4n) is 3.50. The molecule has 3 nitrogen and oxygen atoms in total. The van der Waals surface area contributed by atoms with Crippen molar-refractivity contribution in [2.75, 3.05) is 39.3 Å². The third kappa shape index (κ3) is 2.05. The van der Waals surface area contributed by atoms with Crippen LogP contribution in [0, 0.1) is 5.41 Å². The largest absolute Gasteiger partial charge is 0.374 e. The van der Waals surface area contributed by atoms with Gasteiger partial charge in [0.2, 0.25) is 0 Å². The lowest BCUT2D eigenvalue weighted by atomic mass is 9.78. The summed E-state index contributed by atoms with van der Waals surface area (Å²) in [5.74, 6) is 0. The van der Waals surface area contributed by atoms with Crippen molar-refractivity contribution < 1.29 is 4.74 Å². The summed E-state index contributed by atoms with van der Waals surface area (Å²) in [6, 6.07) is 0. The molecule has 3 fully saturated rings. The van der Waals surface area contributed by atoms with Crippen molar-refractivity contribution in [2.24, 2.45) is 5.41 Å². The van der Waals surface area contributed by atoms with Crippen molar-refractivity contribution in [1.82, 2.24) is 10.2 Å². The van der Waals surface area contributed by atoms with E-state index in [0.717, 1.165) is 31.7 Å². The number of likely N-dealkylation sites (tertiary alicyclic amines) is 1. The number of hydrogen-bond acceptors (Lipinski definition) is 3. The first-order valence-electron chi connectivity index (χ1n) is 6.41. The van der Waals surface area contributed by atoms with Crippen LogP contribution in [0.3, 0.4) is 0 Å². The van der Waals surface area contributed by atoms with Crippen LogP contribution in [0.4, 0.5) is 0 Å². The highest BCUT2D eigenvalue weighted by Crippen LogP contribution is 2.45. The summed E-state index contributed by atoms with van der Waals surface area (Å²) in [6.07, 6.45) is 6.34. The number of hydrogen-bond donors (Lipinski definition) is 1. The van der Waals surface area contributed by atoms with E-state index in [1.807, 2.05) is 0 Å². The minimum absolute atomic E-state index is 0.442. The van der Waals surface area contributed by atoms with Crippen LogP contribution in [0.1, 0.15) is 25.7 Å². The zero-order valence-corrected chi connectivity index (χ0v) is 9.50. The van der Waals surface area contributed by atoms with Gasteiger partial charge in [0, 0.05) is 32.7 Å². The third-order valence-corrected chi connectivity index (χ3v) is 4.25. The Balaban J connectivity index is 1.43. The zero-order valence-electron chi connectivity index (χ0n) is 9.50. The number of rotatable bonds is 2. The molecule has 1 unspecified atom stereocenters. The average molecular weight is 210 g/mol. The van der Waals surface area contributed by atoms with Crippen molar-refractivity contribution in [2.45, 2.75) is 31.8 Å². The summed E-state index contributed by atoms with van der Waals surface area (Å²) >= 11 is 0. The van der Waals surface area contributed by atoms with Gasteiger partial charge in [-0.2, -0.15) is 0 Å². The molecular formula is C12H22N2O. The number of nitrogens with one attached hydrogen (secondary N) is 1. The van der Waals surface area contributed by atoms with Crippen LogP contribution in [-0.2, 0) is 4.74 Å². The Morgan fingerprint density at radius 1 is 1.27 bits per heavy atom. The molecule has 0 radical (unpaired) electrons. The Bertz CT molecular complexity index is 212. The van der Waals surface area contributed by atoms with Crippen LogP contribution in [-0.4, -0.2) is 50.3 Å². The quantitative estimate of drug-likeness (QED) is 0.731. The van der Waals surface area contributed by atoms with Gasteiger partial charge in [0.05, 0.1) is 12.7 Å². The molecule has 0 aromatic rings. The fourth-order valence-corrected chi connectivity index (χ4v) is 3.50. The molecule has 1 atom stereocenters. The Hall–Kier alpha value is -0.120. The van der Waals surface area contributed by atoms with E-state index >= 15 is 0 Å². The monoisotopic (exact) mass is 210 g/mol. The first kappa shape index (κ1) is 10.1. The maximum atomic E-state index is 5.73. The second-order valence-corrected chi connectivity index (χ2v) is 5.57. The lowest BCUT2D eigenvalue weighted by molar-refractivity contribution is -0.0530. The minimum Gasteiger partial charge on any atom is -0.374 e. The third-order valence-electron chi connectivity index (χ3n) is 4.25. The van der Waals surface area contributed by atoms with E-state index in [1.165, 1.54) is 38.8 Å². The summed E-state index contributed by atoms with van der Waals surface area (Å²) in [5.41, 5.74) is 0.738. The first-order chi connectivity index (χ1) is 7.36. The topological polar surface area (TPSA) is 24.5 Å². The van der Waals surface area contributed by atoms with E-state index < -0.39 is 0 Å². The van der Waals surface area contributed by atoms with Gasteiger partial charge >= 0.3 is 0 Å². The Kier molecular flexibility index (Phi) is 2.71. The molecule has 0 amide bonds. The van der Waals surface area contributed by atoms with Crippen molar-refractivity contribution in [3.63, 3.8) is 0 Å². The fraction of sp³-hybridized carbons (Fsp3) is 1.00. The van der Waals surface area contributed by atoms with Gasteiger partial charge in [-0.3, -0.25) is 4.90 Å². The molecule has 86 valence electrons. The van der Waals surface area contributed by atoms with Gasteiger partial charge in [-0.05, 0) is 18.3 Å². The standard InChI is InChI=1S/C12H22N2O/c1-2-4-12(3-1)9-14(10-12)8-11-7-13-5-6-15-11/h11,13H,1-10H2. The van der Waals surface area contributed by atoms with Gasteiger partial charge in [0.15, 0.2) is 0 Å². The summed E-state index contributed by atoms with van der Waals surface area (Å²) in [7, 11) is 0. The van der Waals surface area contributed by atoms with Gasteiger partial charge < -0.3 is 10.1 Å². The minimum atomic E-state index is 0.442. The van der Waals surface area contributed by atoms with Crippen molar-refractivity contribution in [3.8, 4) is 0 Å². The molecule has 2 aliphatic heterocycles. The Morgan fingerprint density at radius 2 is 2.07 bits per heavy atom. The van der Waals surface area contributed by atoms with Crippen LogP contribution in [0.15, 0.2) is 0 Å². The van der Waals surface area contributed by atoms with Gasteiger partial charge in [-0.1, -0.05) is 12.8 Å². The van der Waals surface area contributed by atoms with Gasteiger partial charge in [0.1, 0.15) is 0 Å². The van der Waals surface area contributed by atoms with Crippen molar-refractivity contribution >= 4 is 0 Å². The predicted octanol–water partition coefficient (Wildman–Crippen LogP) is 0.851. The van der Waals surface area contributed by atoms with Crippen molar-refractivity contribution in [3.05, 3.63) is 0 Å². The van der Waals surface area contributed by atoms with Gasteiger partial charge in [-0.15, -0.1) is 0 Å². The molecule has 1 N–H and O–H groups in total. The second kappa shape index (κ2) is 4.04. The van der Waals surface area contributed by atoms with Gasteiger partial charge in [0.25, 0.3) is 0 Å². The molecule has 1 aliphatic carbocycles. The van der Waals surface area contributed by atoms with E-state index in [0.29, 0.717) is 6.10 Å². The van der Waals surface area contributed by atoms with Crippen LogP contribution in [0.25, 0.3) is 0 Å². The Morgan fingerprint density at radius 3 is 2.73 bits per heavy atom. The normalized spacial score (nSPS) is 35.6. The molecule has 15 heavy (non-hydrogen) atoms. The van der Waals surface area contributed by atoms with E-state index in [2.05, 4.69) is 10.2 Å². The molecule has 2 saturated heterocycles.